The van der Waals surface area contributed by atoms with Crippen LogP contribution in [0, 0.1) is 0 Å². The maximum atomic E-state index is 11.5. The van der Waals surface area contributed by atoms with Crippen molar-refractivity contribution in [2.75, 3.05) is 14.2 Å². The fourth-order valence-corrected chi connectivity index (χ4v) is 3.50. The molecule has 0 aliphatic heterocycles. The van der Waals surface area contributed by atoms with Gasteiger partial charge >= 0.3 is 17.1 Å². The molecular weight excluding hydrogens is 540 g/mol. The second-order valence-corrected chi connectivity index (χ2v) is 8.53. The normalized spacial score (nSPS) is 12.2. The second-order valence-electron chi connectivity index (χ2n) is 8.53. The van der Waals surface area contributed by atoms with Gasteiger partial charge in [0.2, 0.25) is 0 Å². The van der Waals surface area contributed by atoms with Crippen LogP contribution in [0.15, 0.2) is 107 Å². The molecule has 7 heteroatoms. The first-order chi connectivity index (χ1) is 18.4. The summed E-state index contributed by atoms with van der Waals surface area (Å²) in [6.45, 7) is 3.98. The number of aliphatic imine (C=N–C) groups is 2. The van der Waals surface area contributed by atoms with Crippen LogP contribution < -0.4 is 19.7 Å². The number of hydrogen-bond acceptors (Lipinski definition) is 6. The van der Waals surface area contributed by atoms with Crippen LogP contribution in [0.1, 0.15) is 48.2 Å². The molecule has 0 unspecified atom stereocenters. The van der Waals surface area contributed by atoms with Crippen molar-refractivity contribution in [1.29, 1.82) is 0 Å². The van der Waals surface area contributed by atoms with Gasteiger partial charge in [0.15, 0.2) is 0 Å². The van der Waals surface area contributed by atoms with E-state index in [0.29, 0.717) is 11.1 Å². The summed E-state index contributed by atoms with van der Waals surface area (Å²) in [7, 11) is 3.28. The second kappa shape index (κ2) is 16.0. The number of para-hydroxylation sites is 2. The molecule has 0 aliphatic rings. The third-order valence-corrected chi connectivity index (χ3v) is 5.91. The van der Waals surface area contributed by atoms with Gasteiger partial charge in [-0.25, -0.2) is 0 Å². The SMILES string of the molecule is COc1ccc([C@H](C)N=Cc2ccccc2[O-])cc1.COc1ccc([C@H](C)N=Cc2ccccc2[O-])cc1.[Cu+2]. The van der Waals surface area contributed by atoms with E-state index in [-0.39, 0.29) is 40.7 Å². The predicted octanol–water partition coefficient (Wildman–Crippen LogP) is 5.90. The van der Waals surface area contributed by atoms with E-state index in [1.54, 1.807) is 63.0 Å². The molecule has 0 aliphatic carbocycles. The van der Waals surface area contributed by atoms with E-state index >= 15 is 0 Å². The summed E-state index contributed by atoms with van der Waals surface area (Å²) in [4.78, 5) is 8.83. The van der Waals surface area contributed by atoms with Gasteiger partial charge in [0, 0.05) is 12.4 Å². The van der Waals surface area contributed by atoms with Gasteiger partial charge in [-0.15, -0.1) is 11.5 Å². The molecule has 0 N–H and O–H groups in total. The molecule has 2 atom stereocenters. The first-order valence-corrected chi connectivity index (χ1v) is 12.3. The maximum absolute atomic E-state index is 11.5. The van der Waals surface area contributed by atoms with Gasteiger partial charge in [0.05, 0.1) is 26.3 Å². The number of ether oxygens (including phenoxy) is 2. The molecule has 0 amide bonds. The first kappa shape index (κ1) is 31.2. The Kier molecular flexibility index (Phi) is 12.8. The van der Waals surface area contributed by atoms with E-state index in [9.17, 15) is 10.2 Å². The zero-order valence-corrected chi connectivity index (χ0v) is 23.3. The summed E-state index contributed by atoms with van der Waals surface area (Å²) < 4.78 is 10.2. The van der Waals surface area contributed by atoms with E-state index in [1.165, 1.54) is 0 Å². The Balaban J connectivity index is 0.000000267. The Morgan fingerprint density at radius 2 is 0.897 bits per heavy atom. The van der Waals surface area contributed by atoms with Gasteiger partial charge in [-0.3, -0.25) is 9.98 Å². The topological polar surface area (TPSA) is 89.3 Å². The standard InChI is InChI=1S/2C16H17NO2.Cu/c2*1-12(13-7-9-15(19-2)10-8-13)17-11-14-5-3-4-6-16(14)18;/h2*3-12,18H,1-2H3;/q;;+2/p-2/t2*12-;/m00./s1. The number of methoxy groups -OCH3 is 2. The number of hydrogen-bond donors (Lipinski definition) is 0. The van der Waals surface area contributed by atoms with E-state index < -0.39 is 0 Å². The third-order valence-electron chi connectivity index (χ3n) is 5.91. The van der Waals surface area contributed by atoms with E-state index in [1.807, 2.05) is 74.5 Å². The van der Waals surface area contributed by atoms with Gasteiger partial charge in [0.25, 0.3) is 0 Å². The minimum Gasteiger partial charge on any atom is -0.872 e. The number of rotatable bonds is 8. The largest absolute Gasteiger partial charge is 2.00 e. The molecule has 39 heavy (non-hydrogen) atoms. The van der Waals surface area contributed by atoms with E-state index in [0.717, 1.165) is 22.6 Å². The van der Waals surface area contributed by atoms with Gasteiger partial charge < -0.3 is 19.7 Å². The number of benzene rings is 4. The molecular formula is C32H32CuN2O4. The molecule has 1 radical (unpaired) electrons. The predicted molar refractivity (Wildman–Crippen MR) is 150 cm³/mol. The van der Waals surface area contributed by atoms with Crippen molar-refractivity contribution in [2.45, 2.75) is 25.9 Å². The molecule has 205 valence electrons. The van der Waals surface area contributed by atoms with Crippen LogP contribution in [0.5, 0.6) is 23.0 Å². The van der Waals surface area contributed by atoms with Crippen molar-refractivity contribution in [3.8, 4) is 23.0 Å². The van der Waals surface area contributed by atoms with Crippen molar-refractivity contribution in [2.24, 2.45) is 9.98 Å². The monoisotopic (exact) mass is 571 g/mol. The maximum Gasteiger partial charge on any atom is 2.00 e. The Morgan fingerprint density at radius 1 is 0.564 bits per heavy atom. The fraction of sp³-hybridized carbons (Fsp3) is 0.188. The Morgan fingerprint density at radius 3 is 1.21 bits per heavy atom. The van der Waals surface area contributed by atoms with Crippen LogP contribution >= 0.6 is 0 Å². The summed E-state index contributed by atoms with van der Waals surface area (Å²) in [6, 6.07) is 29.3. The van der Waals surface area contributed by atoms with Crippen molar-refractivity contribution in [3.05, 3.63) is 119 Å². The molecule has 0 saturated carbocycles. The molecule has 0 spiro atoms. The van der Waals surface area contributed by atoms with Crippen LogP contribution in [0.4, 0.5) is 0 Å². The van der Waals surface area contributed by atoms with Crippen molar-refractivity contribution in [1.82, 2.24) is 0 Å². The summed E-state index contributed by atoms with van der Waals surface area (Å²) in [5.41, 5.74) is 3.39. The van der Waals surface area contributed by atoms with Crippen LogP contribution in [0.3, 0.4) is 0 Å². The zero-order valence-electron chi connectivity index (χ0n) is 22.4. The quantitative estimate of drug-likeness (QED) is 0.195. The Hall–Kier alpha value is -4.06. The van der Waals surface area contributed by atoms with Crippen LogP contribution in [-0.2, 0) is 17.1 Å². The summed E-state index contributed by atoms with van der Waals surface area (Å²) in [5.74, 6) is 1.64. The van der Waals surface area contributed by atoms with Crippen molar-refractivity contribution >= 4 is 12.4 Å². The smallest absolute Gasteiger partial charge is 0.872 e. The third kappa shape index (κ3) is 9.64. The van der Waals surface area contributed by atoms with Crippen molar-refractivity contribution < 1.29 is 36.8 Å². The molecule has 0 bridgehead atoms. The van der Waals surface area contributed by atoms with Crippen molar-refractivity contribution in [3.63, 3.8) is 0 Å². The van der Waals surface area contributed by atoms with Gasteiger partial charge in [0.1, 0.15) is 11.5 Å². The molecule has 4 aromatic carbocycles. The van der Waals surface area contributed by atoms with Gasteiger partial charge in [-0.2, -0.15) is 0 Å². The molecule has 4 aromatic rings. The summed E-state index contributed by atoms with van der Waals surface area (Å²) in [5, 5.41) is 23.1. The minimum absolute atomic E-state index is 0. The molecule has 0 fully saturated rings. The van der Waals surface area contributed by atoms with Crippen LogP contribution in [0.2, 0.25) is 0 Å². The Bertz CT molecular complexity index is 1230. The minimum atomic E-state index is -0.00631. The average Bonchev–Trinajstić information content (AvgIpc) is 2.96. The molecule has 6 nitrogen and oxygen atoms in total. The van der Waals surface area contributed by atoms with E-state index in [2.05, 4.69) is 9.98 Å². The summed E-state index contributed by atoms with van der Waals surface area (Å²) >= 11 is 0. The van der Waals surface area contributed by atoms with Gasteiger partial charge in [-0.05, 0) is 60.4 Å². The average molecular weight is 572 g/mol. The first-order valence-electron chi connectivity index (χ1n) is 12.3. The molecule has 0 aromatic heterocycles. The molecule has 0 heterocycles. The zero-order chi connectivity index (χ0) is 27.3. The van der Waals surface area contributed by atoms with E-state index in [4.69, 9.17) is 9.47 Å². The van der Waals surface area contributed by atoms with Gasteiger partial charge in [-0.1, -0.05) is 72.8 Å². The van der Waals surface area contributed by atoms with Crippen LogP contribution in [-0.4, -0.2) is 26.6 Å². The molecule has 4 rings (SSSR count). The Labute approximate surface area is 241 Å². The molecule has 0 saturated heterocycles. The summed E-state index contributed by atoms with van der Waals surface area (Å²) in [6.07, 6.45) is 3.27. The van der Waals surface area contributed by atoms with Crippen LogP contribution in [0.25, 0.3) is 0 Å². The number of nitrogens with zero attached hydrogens (tertiary/aromatic N) is 2. The fourth-order valence-electron chi connectivity index (χ4n) is 3.50.